The fraction of sp³-hybridized carbons (Fsp3) is 0.375. The van der Waals surface area contributed by atoms with Crippen LogP contribution in [0.2, 0.25) is 0 Å². The van der Waals surface area contributed by atoms with E-state index in [1.165, 1.54) is 0 Å². The normalized spacial score (nSPS) is 17.0. The summed E-state index contributed by atoms with van der Waals surface area (Å²) in [4.78, 5) is 11.3. The fourth-order valence-electron chi connectivity index (χ4n) is 1.10. The van der Waals surface area contributed by atoms with Crippen LogP contribution in [0.15, 0.2) is 24.5 Å². The Balaban J connectivity index is 1.90. The summed E-state index contributed by atoms with van der Waals surface area (Å²) >= 11 is 0. The molecule has 4 nitrogen and oxygen atoms in total. The average Bonchev–Trinajstić information content (AvgIpc) is 2.34. The van der Waals surface area contributed by atoms with Gasteiger partial charge in [-0.25, -0.2) is 0 Å². The topological polar surface area (TPSA) is 46.1 Å². The van der Waals surface area contributed by atoms with Crippen LogP contribution in [0.25, 0.3) is 0 Å². The van der Waals surface area contributed by atoms with Gasteiger partial charge in [-0.3, -0.25) is 14.9 Å². The third-order valence-electron chi connectivity index (χ3n) is 2.00. The van der Waals surface area contributed by atoms with Crippen LogP contribution in [0.3, 0.4) is 0 Å². The van der Waals surface area contributed by atoms with Gasteiger partial charge in [-0.05, 0) is 12.1 Å². The largest absolute Gasteiger partial charge is 0.315 e. The zero-order valence-corrected chi connectivity index (χ0v) is 6.66. The molecule has 1 aromatic heterocycles. The van der Waals surface area contributed by atoms with Crippen molar-refractivity contribution >= 4 is 5.91 Å². The molecule has 0 atom stereocenters. The molecule has 1 fully saturated rings. The molecule has 0 aromatic carbocycles. The van der Waals surface area contributed by atoms with Crippen molar-refractivity contribution in [2.24, 2.45) is 5.92 Å². The molecule has 1 saturated heterocycles. The fourth-order valence-corrected chi connectivity index (χ4v) is 1.10. The molecule has 0 radical (unpaired) electrons. The molecule has 1 aliphatic heterocycles. The van der Waals surface area contributed by atoms with Gasteiger partial charge in [-0.2, -0.15) is 0 Å². The van der Waals surface area contributed by atoms with Gasteiger partial charge in [0.25, 0.3) is 0 Å². The zero-order chi connectivity index (χ0) is 8.39. The van der Waals surface area contributed by atoms with E-state index in [4.69, 9.17) is 0 Å². The van der Waals surface area contributed by atoms with Gasteiger partial charge in [0.15, 0.2) is 0 Å². The van der Waals surface area contributed by atoms with E-state index in [2.05, 4.69) is 10.7 Å². The number of hydrogen-bond acceptors (Lipinski definition) is 2. The number of carbonyl (C=O) groups is 1. The van der Waals surface area contributed by atoms with E-state index in [1.807, 2.05) is 24.5 Å². The minimum atomic E-state index is 0.0879. The number of nitrogens with zero attached hydrogens (tertiary/aromatic N) is 1. The molecule has 0 saturated carbocycles. The Morgan fingerprint density at radius 2 is 2.08 bits per heavy atom. The standard InChI is InChI=1S/C8H11N3O/c12-8(7-5-9-6-7)10-11-3-1-2-4-11/h1-4,7,9H,5-6H2,(H,10,12). The summed E-state index contributed by atoms with van der Waals surface area (Å²) in [5, 5.41) is 3.05. The van der Waals surface area contributed by atoms with Crippen molar-refractivity contribution in [1.29, 1.82) is 0 Å². The molecule has 2 heterocycles. The molecule has 1 aromatic rings. The van der Waals surface area contributed by atoms with Gasteiger partial charge < -0.3 is 5.32 Å². The van der Waals surface area contributed by atoms with Crippen LogP contribution in [0.4, 0.5) is 0 Å². The number of nitrogens with one attached hydrogen (secondary N) is 2. The van der Waals surface area contributed by atoms with Crippen molar-refractivity contribution in [3.63, 3.8) is 0 Å². The van der Waals surface area contributed by atoms with Gasteiger partial charge in [0.1, 0.15) is 0 Å². The summed E-state index contributed by atoms with van der Waals surface area (Å²) in [6.45, 7) is 1.60. The van der Waals surface area contributed by atoms with E-state index < -0.39 is 0 Å². The molecule has 0 spiro atoms. The Morgan fingerprint density at radius 1 is 1.42 bits per heavy atom. The maximum atomic E-state index is 11.3. The summed E-state index contributed by atoms with van der Waals surface area (Å²) < 4.78 is 1.67. The molecule has 1 aliphatic rings. The van der Waals surface area contributed by atoms with E-state index >= 15 is 0 Å². The summed E-state index contributed by atoms with van der Waals surface area (Å²) in [5.74, 6) is 0.234. The van der Waals surface area contributed by atoms with Gasteiger partial charge in [-0.1, -0.05) is 0 Å². The molecular formula is C8H11N3O. The highest BCUT2D eigenvalue weighted by Crippen LogP contribution is 2.02. The Hall–Kier alpha value is -1.29. The second-order valence-electron chi connectivity index (χ2n) is 2.92. The lowest BCUT2D eigenvalue weighted by molar-refractivity contribution is -0.122. The molecule has 12 heavy (non-hydrogen) atoms. The molecule has 0 aliphatic carbocycles. The van der Waals surface area contributed by atoms with Gasteiger partial charge in [0.2, 0.25) is 5.91 Å². The summed E-state index contributed by atoms with van der Waals surface area (Å²) in [6, 6.07) is 3.75. The quantitative estimate of drug-likeness (QED) is 0.636. The van der Waals surface area contributed by atoms with Crippen molar-refractivity contribution in [2.45, 2.75) is 0 Å². The van der Waals surface area contributed by atoms with Crippen molar-refractivity contribution < 1.29 is 4.79 Å². The van der Waals surface area contributed by atoms with Crippen molar-refractivity contribution in [3.05, 3.63) is 24.5 Å². The van der Waals surface area contributed by atoms with E-state index in [1.54, 1.807) is 4.68 Å². The summed E-state index contributed by atoms with van der Waals surface area (Å²) in [5.41, 5.74) is 2.76. The SMILES string of the molecule is O=C(Nn1cccc1)C1CNC1. The Morgan fingerprint density at radius 3 is 2.58 bits per heavy atom. The van der Waals surface area contributed by atoms with E-state index in [0.717, 1.165) is 13.1 Å². The molecule has 4 heteroatoms. The number of hydrogen-bond donors (Lipinski definition) is 2. The Bertz CT molecular complexity index is 264. The van der Waals surface area contributed by atoms with Crippen LogP contribution >= 0.6 is 0 Å². The van der Waals surface area contributed by atoms with Crippen molar-refractivity contribution in [2.75, 3.05) is 18.5 Å². The van der Waals surface area contributed by atoms with Gasteiger partial charge in [-0.15, -0.1) is 0 Å². The highest BCUT2D eigenvalue weighted by molar-refractivity contribution is 5.87. The second-order valence-corrected chi connectivity index (χ2v) is 2.92. The number of aromatic nitrogens is 1. The number of amides is 1. The van der Waals surface area contributed by atoms with E-state index in [0.29, 0.717) is 0 Å². The minimum absolute atomic E-state index is 0.0879. The first kappa shape index (κ1) is 7.36. The highest BCUT2D eigenvalue weighted by atomic mass is 16.2. The lowest BCUT2D eigenvalue weighted by Gasteiger charge is -2.25. The average molecular weight is 165 g/mol. The maximum absolute atomic E-state index is 11.3. The molecule has 2 rings (SSSR count). The van der Waals surface area contributed by atoms with E-state index in [9.17, 15) is 4.79 Å². The molecule has 1 amide bonds. The predicted molar refractivity (Wildman–Crippen MR) is 45.2 cm³/mol. The first-order valence-corrected chi connectivity index (χ1v) is 4.01. The third kappa shape index (κ3) is 1.33. The smallest absolute Gasteiger partial charge is 0.244 e. The lowest BCUT2D eigenvalue weighted by Crippen LogP contribution is -2.49. The first-order valence-electron chi connectivity index (χ1n) is 4.01. The lowest BCUT2D eigenvalue weighted by atomic mass is 10.0. The molecule has 0 bridgehead atoms. The highest BCUT2D eigenvalue weighted by Gasteiger charge is 2.24. The van der Waals surface area contributed by atoms with Crippen molar-refractivity contribution in [1.82, 2.24) is 9.99 Å². The van der Waals surface area contributed by atoms with Crippen LogP contribution < -0.4 is 10.7 Å². The van der Waals surface area contributed by atoms with Gasteiger partial charge >= 0.3 is 0 Å². The Labute approximate surface area is 70.5 Å². The van der Waals surface area contributed by atoms with Crippen LogP contribution in [-0.2, 0) is 4.79 Å². The first-order chi connectivity index (χ1) is 5.86. The van der Waals surface area contributed by atoms with Crippen LogP contribution in [0, 0.1) is 5.92 Å². The third-order valence-corrected chi connectivity index (χ3v) is 2.00. The molecule has 64 valence electrons. The minimum Gasteiger partial charge on any atom is -0.315 e. The molecular weight excluding hydrogens is 154 g/mol. The van der Waals surface area contributed by atoms with Gasteiger partial charge in [0.05, 0.1) is 5.92 Å². The molecule has 2 N–H and O–H groups in total. The van der Waals surface area contributed by atoms with Crippen LogP contribution in [-0.4, -0.2) is 23.7 Å². The molecule has 0 unspecified atom stereocenters. The van der Waals surface area contributed by atoms with Crippen molar-refractivity contribution in [3.8, 4) is 0 Å². The monoisotopic (exact) mass is 165 g/mol. The van der Waals surface area contributed by atoms with Crippen LogP contribution in [0.5, 0.6) is 0 Å². The maximum Gasteiger partial charge on any atom is 0.244 e. The second kappa shape index (κ2) is 2.98. The number of carbonyl (C=O) groups excluding carboxylic acids is 1. The summed E-state index contributed by atoms with van der Waals surface area (Å²) in [6.07, 6.45) is 3.62. The van der Waals surface area contributed by atoms with Crippen LogP contribution in [0.1, 0.15) is 0 Å². The Kier molecular flexibility index (Phi) is 1.83. The zero-order valence-electron chi connectivity index (χ0n) is 6.66. The number of rotatable bonds is 2. The summed E-state index contributed by atoms with van der Waals surface area (Å²) in [7, 11) is 0. The predicted octanol–water partition coefficient (Wildman–Crippen LogP) is -0.222. The van der Waals surface area contributed by atoms with Gasteiger partial charge in [0, 0.05) is 25.5 Å². The van der Waals surface area contributed by atoms with E-state index in [-0.39, 0.29) is 11.8 Å².